The SMILES string of the molecule is O=[N+]([O-])c1cccc(C=NCCBr)c1. The molecule has 1 aromatic rings. The number of alkyl halides is 1. The second-order valence-corrected chi connectivity index (χ2v) is 3.37. The van der Waals surface area contributed by atoms with Gasteiger partial charge in [0.2, 0.25) is 0 Å². The third-order valence-electron chi connectivity index (χ3n) is 1.54. The smallest absolute Gasteiger partial charge is 0.270 e. The number of nitro benzene ring substituents is 1. The monoisotopic (exact) mass is 256 g/mol. The molecule has 74 valence electrons. The summed E-state index contributed by atoms with van der Waals surface area (Å²) in [6.07, 6.45) is 1.63. The van der Waals surface area contributed by atoms with E-state index in [1.54, 1.807) is 18.3 Å². The molecule has 0 spiro atoms. The van der Waals surface area contributed by atoms with Gasteiger partial charge in [0, 0.05) is 30.2 Å². The van der Waals surface area contributed by atoms with Gasteiger partial charge >= 0.3 is 0 Å². The second-order valence-electron chi connectivity index (χ2n) is 2.58. The molecule has 0 bridgehead atoms. The van der Waals surface area contributed by atoms with E-state index >= 15 is 0 Å². The minimum Gasteiger partial charge on any atom is -0.292 e. The van der Waals surface area contributed by atoms with Gasteiger partial charge in [0.05, 0.1) is 4.92 Å². The highest BCUT2D eigenvalue weighted by Crippen LogP contribution is 2.11. The molecule has 14 heavy (non-hydrogen) atoms. The molecular formula is C9H9BrN2O2. The van der Waals surface area contributed by atoms with Gasteiger partial charge in [-0.2, -0.15) is 0 Å². The number of halogens is 1. The summed E-state index contributed by atoms with van der Waals surface area (Å²) < 4.78 is 0. The van der Waals surface area contributed by atoms with Crippen LogP contribution in [0.5, 0.6) is 0 Å². The molecular weight excluding hydrogens is 248 g/mol. The molecule has 0 saturated heterocycles. The van der Waals surface area contributed by atoms with Gasteiger partial charge < -0.3 is 0 Å². The van der Waals surface area contributed by atoms with Gasteiger partial charge in [0.15, 0.2) is 0 Å². The van der Waals surface area contributed by atoms with Gasteiger partial charge in [-0.25, -0.2) is 0 Å². The maximum atomic E-state index is 10.4. The van der Waals surface area contributed by atoms with E-state index in [1.807, 2.05) is 0 Å². The molecule has 0 unspecified atom stereocenters. The van der Waals surface area contributed by atoms with Gasteiger partial charge in [-0.3, -0.25) is 15.1 Å². The van der Waals surface area contributed by atoms with Crippen molar-refractivity contribution in [1.29, 1.82) is 0 Å². The predicted octanol–water partition coefficient (Wildman–Crippen LogP) is 2.41. The molecule has 0 atom stereocenters. The number of benzene rings is 1. The number of nitrogens with zero attached hydrogens (tertiary/aromatic N) is 2. The first-order chi connectivity index (χ1) is 6.74. The molecule has 0 amide bonds. The summed E-state index contributed by atoms with van der Waals surface area (Å²) in [6.45, 7) is 0.669. The Hall–Kier alpha value is -1.23. The van der Waals surface area contributed by atoms with E-state index in [4.69, 9.17) is 0 Å². The summed E-state index contributed by atoms with van der Waals surface area (Å²) in [6, 6.07) is 6.39. The maximum absolute atomic E-state index is 10.4. The highest BCUT2D eigenvalue weighted by molar-refractivity contribution is 9.09. The van der Waals surface area contributed by atoms with Crippen molar-refractivity contribution in [2.45, 2.75) is 0 Å². The number of aliphatic imine (C=N–C) groups is 1. The molecule has 0 N–H and O–H groups in total. The Morgan fingerprint density at radius 3 is 3.00 bits per heavy atom. The molecule has 0 aliphatic rings. The Morgan fingerprint density at radius 1 is 1.57 bits per heavy atom. The normalized spacial score (nSPS) is 10.6. The summed E-state index contributed by atoms with van der Waals surface area (Å²) in [5, 5.41) is 11.2. The molecule has 1 aromatic carbocycles. The van der Waals surface area contributed by atoms with Gasteiger partial charge in [0.1, 0.15) is 0 Å². The quantitative estimate of drug-likeness (QED) is 0.360. The Kier molecular flexibility index (Phi) is 4.25. The molecule has 1 rings (SSSR count). The van der Waals surface area contributed by atoms with E-state index in [9.17, 15) is 10.1 Å². The minimum absolute atomic E-state index is 0.0905. The number of hydrogen-bond donors (Lipinski definition) is 0. The average Bonchev–Trinajstić information content (AvgIpc) is 2.19. The van der Waals surface area contributed by atoms with Crippen molar-refractivity contribution in [1.82, 2.24) is 0 Å². The van der Waals surface area contributed by atoms with Crippen LogP contribution in [-0.2, 0) is 0 Å². The van der Waals surface area contributed by atoms with Crippen LogP contribution in [0, 0.1) is 10.1 Å². The van der Waals surface area contributed by atoms with Crippen LogP contribution in [0.4, 0.5) is 5.69 Å². The lowest BCUT2D eigenvalue weighted by Gasteiger charge is -1.93. The summed E-state index contributed by atoms with van der Waals surface area (Å²) >= 11 is 3.24. The van der Waals surface area contributed by atoms with Crippen LogP contribution in [0.3, 0.4) is 0 Å². The number of hydrogen-bond acceptors (Lipinski definition) is 3. The highest BCUT2D eigenvalue weighted by Gasteiger charge is 2.03. The molecule has 0 aliphatic heterocycles. The number of nitro groups is 1. The Bertz CT molecular complexity index is 352. The van der Waals surface area contributed by atoms with Crippen LogP contribution < -0.4 is 0 Å². The first kappa shape index (κ1) is 10.8. The third kappa shape index (κ3) is 3.26. The lowest BCUT2D eigenvalue weighted by molar-refractivity contribution is -0.384. The summed E-state index contributed by atoms with van der Waals surface area (Å²) in [4.78, 5) is 14.1. The standard InChI is InChI=1S/C9H9BrN2O2/c10-4-5-11-7-8-2-1-3-9(6-8)12(13)14/h1-3,6-7H,4-5H2. The topological polar surface area (TPSA) is 55.5 Å². The number of rotatable bonds is 4. The predicted molar refractivity (Wildman–Crippen MR) is 59.4 cm³/mol. The lowest BCUT2D eigenvalue weighted by Crippen LogP contribution is -1.90. The van der Waals surface area contributed by atoms with Crippen LogP contribution in [0.2, 0.25) is 0 Å². The van der Waals surface area contributed by atoms with Crippen molar-refractivity contribution >= 4 is 27.8 Å². The highest BCUT2D eigenvalue weighted by atomic mass is 79.9. The molecule has 5 heteroatoms. The molecule has 0 radical (unpaired) electrons. The van der Waals surface area contributed by atoms with Crippen molar-refractivity contribution in [3.8, 4) is 0 Å². The molecule has 0 fully saturated rings. The zero-order chi connectivity index (χ0) is 10.4. The fraction of sp³-hybridized carbons (Fsp3) is 0.222. The molecule has 0 saturated carbocycles. The Morgan fingerprint density at radius 2 is 2.36 bits per heavy atom. The van der Waals surface area contributed by atoms with Crippen LogP contribution >= 0.6 is 15.9 Å². The minimum atomic E-state index is -0.415. The lowest BCUT2D eigenvalue weighted by atomic mass is 10.2. The summed E-state index contributed by atoms with van der Waals surface area (Å²) in [5.74, 6) is 0. The van der Waals surface area contributed by atoms with Gasteiger partial charge in [-0.1, -0.05) is 28.1 Å². The van der Waals surface area contributed by atoms with Gasteiger partial charge in [-0.05, 0) is 5.56 Å². The van der Waals surface area contributed by atoms with Crippen molar-refractivity contribution in [2.75, 3.05) is 11.9 Å². The zero-order valence-corrected chi connectivity index (χ0v) is 8.98. The first-order valence-corrected chi connectivity index (χ1v) is 5.16. The second kappa shape index (κ2) is 5.49. The Balaban J connectivity index is 2.78. The average molecular weight is 257 g/mol. The van der Waals surface area contributed by atoms with Crippen molar-refractivity contribution in [3.05, 3.63) is 39.9 Å². The van der Waals surface area contributed by atoms with Gasteiger partial charge in [-0.15, -0.1) is 0 Å². The first-order valence-electron chi connectivity index (χ1n) is 4.04. The van der Waals surface area contributed by atoms with E-state index in [-0.39, 0.29) is 5.69 Å². The number of non-ortho nitro benzene ring substituents is 1. The molecule has 0 aromatic heterocycles. The van der Waals surface area contributed by atoms with Crippen LogP contribution in [0.15, 0.2) is 29.3 Å². The molecule has 4 nitrogen and oxygen atoms in total. The van der Waals surface area contributed by atoms with E-state index in [1.165, 1.54) is 12.1 Å². The Labute approximate surface area is 89.9 Å². The van der Waals surface area contributed by atoms with E-state index < -0.39 is 4.92 Å². The fourth-order valence-corrected chi connectivity index (χ4v) is 1.14. The van der Waals surface area contributed by atoms with Crippen LogP contribution in [-0.4, -0.2) is 23.0 Å². The zero-order valence-electron chi connectivity index (χ0n) is 7.39. The summed E-state index contributed by atoms with van der Waals surface area (Å²) in [5.41, 5.74) is 0.841. The largest absolute Gasteiger partial charge is 0.292 e. The third-order valence-corrected chi connectivity index (χ3v) is 1.89. The molecule has 0 aliphatic carbocycles. The maximum Gasteiger partial charge on any atom is 0.270 e. The van der Waals surface area contributed by atoms with E-state index in [2.05, 4.69) is 20.9 Å². The molecule has 0 heterocycles. The van der Waals surface area contributed by atoms with Crippen molar-refractivity contribution in [3.63, 3.8) is 0 Å². The van der Waals surface area contributed by atoms with Crippen LogP contribution in [0.1, 0.15) is 5.56 Å². The van der Waals surface area contributed by atoms with E-state index in [0.29, 0.717) is 6.54 Å². The summed E-state index contributed by atoms with van der Waals surface area (Å²) in [7, 11) is 0. The van der Waals surface area contributed by atoms with Crippen molar-refractivity contribution in [2.24, 2.45) is 4.99 Å². The fourth-order valence-electron chi connectivity index (χ4n) is 0.937. The van der Waals surface area contributed by atoms with E-state index in [0.717, 1.165) is 10.9 Å². The van der Waals surface area contributed by atoms with Crippen molar-refractivity contribution < 1.29 is 4.92 Å². The van der Waals surface area contributed by atoms with Gasteiger partial charge in [0.25, 0.3) is 5.69 Å². The van der Waals surface area contributed by atoms with Crippen LogP contribution in [0.25, 0.3) is 0 Å².